The maximum atomic E-state index is 11.8. The van der Waals surface area contributed by atoms with Crippen LogP contribution in [0.5, 0.6) is 11.5 Å². The van der Waals surface area contributed by atoms with Gasteiger partial charge < -0.3 is 24.4 Å². The maximum absolute atomic E-state index is 11.8. The number of amides is 1. The average molecular weight is 294 g/mol. The van der Waals surface area contributed by atoms with Crippen LogP contribution in [0, 0.1) is 0 Å². The fraction of sp³-hybridized carbons (Fsp3) is 0.533. The molecule has 6 heteroatoms. The Balaban J connectivity index is 2.14. The van der Waals surface area contributed by atoms with E-state index in [9.17, 15) is 4.79 Å². The second-order valence-electron chi connectivity index (χ2n) is 4.85. The van der Waals surface area contributed by atoms with E-state index in [4.69, 9.17) is 14.2 Å². The molecule has 1 heterocycles. The van der Waals surface area contributed by atoms with E-state index in [1.54, 1.807) is 14.2 Å². The summed E-state index contributed by atoms with van der Waals surface area (Å²) < 4.78 is 15.7. The molecule has 1 fully saturated rings. The molecule has 1 unspecified atom stereocenters. The van der Waals surface area contributed by atoms with Crippen molar-refractivity contribution in [3.05, 3.63) is 23.8 Å². The van der Waals surface area contributed by atoms with Gasteiger partial charge in [0.25, 0.3) is 0 Å². The lowest BCUT2D eigenvalue weighted by Crippen LogP contribution is -2.45. The summed E-state index contributed by atoms with van der Waals surface area (Å²) in [4.78, 5) is 13.6. The molecule has 1 aliphatic rings. The summed E-state index contributed by atoms with van der Waals surface area (Å²) in [5, 5.41) is 3.24. The van der Waals surface area contributed by atoms with Crippen LogP contribution < -0.4 is 14.8 Å². The maximum Gasteiger partial charge on any atom is 0.248 e. The van der Waals surface area contributed by atoms with Crippen LogP contribution in [0.15, 0.2) is 18.2 Å². The predicted octanol–water partition coefficient (Wildman–Crippen LogP) is 0.823. The van der Waals surface area contributed by atoms with Crippen molar-refractivity contribution in [2.24, 2.45) is 0 Å². The molecule has 0 radical (unpaired) electrons. The molecule has 1 aliphatic heterocycles. The number of nitrogens with zero attached hydrogens (tertiary/aromatic N) is 1. The van der Waals surface area contributed by atoms with Gasteiger partial charge in [-0.25, -0.2) is 0 Å². The SMILES string of the molecule is CNC(CN1CCOCC1=O)c1ccc(OC)c(OC)c1. The summed E-state index contributed by atoms with van der Waals surface area (Å²) in [6.07, 6.45) is 0. The molecular formula is C15H22N2O4. The van der Waals surface area contributed by atoms with Crippen LogP contribution in [0.2, 0.25) is 0 Å². The van der Waals surface area contributed by atoms with Crippen LogP contribution in [-0.2, 0) is 9.53 Å². The predicted molar refractivity (Wildman–Crippen MR) is 78.7 cm³/mol. The Morgan fingerprint density at radius 2 is 2.10 bits per heavy atom. The number of hydrogen-bond acceptors (Lipinski definition) is 5. The van der Waals surface area contributed by atoms with E-state index in [0.29, 0.717) is 31.2 Å². The summed E-state index contributed by atoms with van der Waals surface area (Å²) >= 11 is 0. The summed E-state index contributed by atoms with van der Waals surface area (Å²) in [7, 11) is 5.10. The highest BCUT2D eigenvalue weighted by atomic mass is 16.5. The van der Waals surface area contributed by atoms with Gasteiger partial charge in [-0.15, -0.1) is 0 Å². The zero-order chi connectivity index (χ0) is 15.2. The molecule has 21 heavy (non-hydrogen) atoms. The number of hydrogen-bond donors (Lipinski definition) is 1. The van der Waals surface area contributed by atoms with Crippen LogP contribution in [0.4, 0.5) is 0 Å². The minimum atomic E-state index is 0.0296. The highest BCUT2D eigenvalue weighted by Crippen LogP contribution is 2.30. The molecule has 2 rings (SSSR count). The van der Waals surface area contributed by atoms with E-state index in [-0.39, 0.29) is 18.6 Å². The summed E-state index contributed by atoms with van der Waals surface area (Å²) in [5.41, 5.74) is 1.05. The van der Waals surface area contributed by atoms with E-state index in [2.05, 4.69) is 5.32 Å². The third-order valence-corrected chi connectivity index (χ3v) is 3.65. The summed E-state index contributed by atoms with van der Waals surface area (Å²) in [5.74, 6) is 1.41. The molecule has 0 saturated carbocycles. The van der Waals surface area contributed by atoms with Crippen molar-refractivity contribution in [3.8, 4) is 11.5 Å². The van der Waals surface area contributed by atoms with Crippen LogP contribution in [0.1, 0.15) is 11.6 Å². The number of nitrogens with one attached hydrogen (secondary N) is 1. The molecule has 6 nitrogen and oxygen atoms in total. The number of likely N-dealkylation sites (N-methyl/N-ethyl adjacent to an activating group) is 1. The van der Waals surface area contributed by atoms with Gasteiger partial charge in [0.15, 0.2) is 11.5 Å². The Kier molecular flexibility index (Phi) is 5.41. The molecule has 1 amide bonds. The summed E-state index contributed by atoms with van der Waals surface area (Å²) in [6.45, 7) is 1.99. The highest BCUT2D eigenvalue weighted by Gasteiger charge is 2.23. The van der Waals surface area contributed by atoms with Gasteiger partial charge in [-0.05, 0) is 24.7 Å². The molecule has 1 atom stereocenters. The van der Waals surface area contributed by atoms with Crippen molar-refractivity contribution < 1.29 is 19.0 Å². The van der Waals surface area contributed by atoms with Gasteiger partial charge in [-0.2, -0.15) is 0 Å². The molecule has 1 N–H and O–H groups in total. The molecule has 0 aromatic heterocycles. The lowest BCUT2D eigenvalue weighted by molar-refractivity contribution is -0.143. The van der Waals surface area contributed by atoms with Crippen molar-refractivity contribution in [1.82, 2.24) is 10.2 Å². The number of benzene rings is 1. The molecule has 116 valence electrons. The molecule has 0 spiro atoms. The van der Waals surface area contributed by atoms with Gasteiger partial charge >= 0.3 is 0 Å². The fourth-order valence-electron chi connectivity index (χ4n) is 2.40. The van der Waals surface area contributed by atoms with Crippen molar-refractivity contribution in [2.75, 3.05) is 47.6 Å². The standard InChI is InChI=1S/C15H22N2O4/c1-16-12(9-17-6-7-21-10-15(17)18)11-4-5-13(19-2)14(8-11)20-3/h4-5,8,12,16H,6-7,9-10H2,1-3H3. The van der Waals surface area contributed by atoms with Crippen LogP contribution in [0.3, 0.4) is 0 Å². The molecule has 0 aliphatic carbocycles. The Labute approximate surface area is 125 Å². The quantitative estimate of drug-likeness (QED) is 0.842. The molecule has 1 aromatic rings. The largest absolute Gasteiger partial charge is 0.493 e. The van der Waals surface area contributed by atoms with Gasteiger partial charge in [0.1, 0.15) is 6.61 Å². The lowest BCUT2D eigenvalue weighted by atomic mass is 10.1. The monoisotopic (exact) mass is 294 g/mol. The number of carbonyl (C=O) groups is 1. The van der Waals surface area contributed by atoms with Crippen molar-refractivity contribution in [3.63, 3.8) is 0 Å². The first-order valence-electron chi connectivity index (χ1n) is 6.94. The zero-order valence-corrected chi connectivity index (χ0v) is 12.7. The smallest absolute Gasteiger partial charge is 0.248 e. The molecule has 1 aromatic carbocycles. The molecule has 0 bridgehead atoms. The molecule has 1 saturated heterocycles. The normalized spacial score (nSPS) is 16.7. The minimum absolute atomic E-state index is 0.0296. The van der Waals surface area contributed by atoms with E-state index in [1.165, 1.54) is 0 Å². The number of methoxy groups -OCH3 is 2. The Morgan fingerprint density at radius 3 is 2.71 bits per heavy atom. The Hall–Kier alpha value is -1.79. The summed E-state index contributed by atoms with van der Waals surface area (Å²) in [6, 6.07) is 5.82. The third-order valence-electron chi connectivity index (χ3n) is 3.65. The average Bonchev–Trinajstić information content (AvgIpc) is 2.53. The number of rotatable bonds is 6. The van der Waals surface area contributed by atoms with Gasteiger partial charge in [0.2, 0.25) is 5.91 Å². The van der Waals surface area contributed by atoms with E-state index >= 15 is 0 Å². The second-order valence-corrected chi connectivity index (χ2v) is 4.85. The first kappa shape index (κ1) is 15.6. The molecular weight excluding hydrogens is 272 g/mol. The first-order valence-corrected chi connectivity index (χ1v) is 6.94. The van der Waals surface area contributed by atoms with Crippen LogP contribution >= 0.6 is 0 Å². The van der Waals surface area contributed by atoms with Crippen LogP contribution in [-0.4, -0.2) is 58.4 Å². The zero-order valence-electron chi connectivity index (χ0n) is 12.7. The third kappa shape index (κ3) is 3.65. The topological polar surface area (TPSA) is 60.0 Å². The Morgan fingerprint density at radius 1 is 1.33 bits per heavy atom. The van der Waals surface area contributed by atoms with Crippen LogP contribution in [0.25, 0.3) is 0 Å². The second kappa shape index (κ2) is 7.28. The van der Waals surface area contributed by atoms with E-state index < -0.39 is 0 Å². The van der Waals surface area contributed by atoms with E-state index in [1.807, 2.05) is 30.1 Å². The van der Waals surface area contributed by atoms with Gasteiger partial charge in [0.05, 0.1) is 20.8 Å². The Bertz CT molecular complexity index is 493. The number of ether oxygens (including phenoxy) is 3. The van der Waals surface area contributed by atoms with Crippen molar-refractivity contribution in [2.45, 2.75) is 6.04 Å². The minimum Gasteiger partial charge on any atom is -0.493 e. The fourth-order valence-corrected chi connectivity index (χ4v) is 2.40. The first-order chi connectivity index (χ1) is 10.2. The van der Waals surface area contributed by atoms with E-state index in [0.717, 1.165) is 5.56 Å². The number of morpholine rings is 1. The number of carbonyl (C=O) groups excluding carboxylic acids is 1. The van der Waals surface area contributed by atoms with Crippen molar-refractivity contribution >= 4 is 5.91 Å². The lowest BCUT2D eigenvalue weighted by Gasteiger charge is -2.30. The van der Waals surface area contributed by atoms with Gasteiger partial charge in [0, 0.05) is 19.1 Å². The van der Waals surface area contributed by atoms with Crippen molar-refractivity contribution in [1.29, 1.82) is 0 Å². The van der Waals surface area contributed by atoms with Gasteiger partial charge in [-0.3, -0.25) is 4.79 Å². The van der Waals surface area contributed by atoms with Gasteiger partial charge in [-0.1, -0.05) is 6.07 Å². The highest BCUT2D eigenvalue weighted by molar-refractivity contribution is 5.78.